The third-order valence-electron chi connectivity index (χ3n) is 3.92. The monoisotopic (exact) mass is 272 g/mol. The summed E-state index contributed by atoms with van der Waals surface area (Å²) < 4.78 is 0. The lowest BCUT2D eigenvalue weighted by Gasteiger charge is -2.26. The zero-order valence-corrected chi connectivity index (χ0v) is 11.8. The van der Waals surface area contributed by atoms with E-state index in [-0.39, 0.29) is 5.91 Å². The van der Waals surface area contributed by atoms with Crippen molar-refractivity contribution in [1.29, 1.82) is 0 Å². The molecule has 0 saturated carbocycles. The molecule has 2 heterocycles. The van der Waals surface area contributed by atoms with E-state index < -0.39 is 0 Å². The van der Waals surface area contributed by atoms with Crippen LogP contribution in [0.3, 0.4) is 0 Å². The molecule has 0 spiro atoms. The highest BCUT2D eigenvalue weighted by atomic mass is 16.2. The number of likely N-dealkylation sites (N-methyl/N-ethyl adjacent to an activating group) is 1. The Hall–Kier alpha value is -1.72. The molecule has 2 aliphatic rings. The van der Waals surface area contributed by atoms with E-state index in [0.29, 0.717) is 12.3 Å². The van der Waals surface area contributed by atoms with Crippen molar-refractivity contribution in [2.45, 2.75) is 0 Å². The van der Waals surface area contributed by atoms with Gasteiger partial charge in [-0.15, -0.1) is 0 Å². The number of hydrogen-bond donors (Lipinski definition) is 1. The number of rotatable bonds is 3. The minimum atomic E-state index is 0.00603. The minimum Gasteiger partial charge on any atom is -0.314 e. The normalized spacial score (nSPS) is 21.6. The number of fused-ring (bicyclic) bond motifs is 1. The molecule has 0 aliphatic carbocycles. The van der Waals surface area contributed by atoms with E-state index >= 15 is 0 Å². The minimum absolute atomic E-state index is 0.00603. The van der Waals surface area contributed by atoms with Crippen molar-refractivity contribution >= 4 is 17.3 Å². The fourth-order valence-corrected chi connectivity index (χ4v) is 2.74. The van der Waals surface area contributed by atoms with Crippen LogP contribution in [0.25, 0.3) is 0 Å². The number of para-hydroxylation sites is 1. The molecule has 1 saturated heterocycles. The van der Waals surface area contributed by atoms with Gasteiger partial charge in [0.05, 0.1) is 12.2 Å². The molecule has 0 bridgehead atoms. The summed E-state index contributed by atoms with van der Waals surface area (Å²) in [5.41, 5.74) is 2.52. The first-order chi connectivity index (χ1) is 9.77. The van der Waals surface area contributed by atoms with Crippen LogP contribution in [0.2, 0.25) is 0 Å². The van der Waals surface area contributed by atoms with E-state index in [1.165, 1.54) is 0 Å². The average molecular weight is 272 g/mol. The Morgan fingerprint density at radius 1 is 1.25 bits per heavy atom. The standard InChI is InChI=1S/C15H20N4O/c1-18-13-5-3-2-4-12(13)14(15(18)20)17-8-11-19-9-6-16-7-10-19/h2-5,16H,6-11H2,1H3. The summed E-state index contributed by atoms with van der Waals surface area (Å²) in [6.07, 6.45) is 0. The second-order valence-electron chi connectivity index (χ2n) is 5.20. The third-order valence-corrected chi connectivity index (χ3v) is 3.92. The van der Waals surface area contributed by atoms with Crippen LogP contribution in [0.15, 0.2) is 29.3 Å². The van der Waals surface area contributed by atoms with E-state index in [9.17, 15) is 4.79 Å². The first kappa shape index (κ1) is 13.3. The SMILES string of the molecule is CN1C(=O)C(=NCCN2CCNCC2)c2ccccc21. The van der Waals surface area contributed by atoms with Gasteiger partial charge in [-0.3, -0.25) is 14.7 Å². The Balaban J connectivity index is 1.70. The molecule has 106 valence electrons. The zero-order chi connectivity index (χ0) is 13.9. The van der Waals surface area contributed by atoms with Crippen molar-refractivity contribution in [2.24, 2.45) is 4.99 Å². The maximum Gasteiger partial charge on any atom is 0.276 e. The van der Waals surface area contributed by atoms with E-state index in [4.69, 9.17) is 0 Å². The van der Waals surface area contributed by atoms with Gasteiger partial charge in [0.15, 0.2) is 0 Å². The summed E-state index contributed by atoms with van der Waals surface area (Å²) in [5, 5.41) is 3.33. The van der Waals surface area contributed by atoms with Crippen LogP contribution in [0.4, 0.5) is 5.69 Å². The van der Waals surface area contributed by atoms with Crippen LogP contribution in [0, 0.1) is 0 Å². The molecule has 1 N–H and O–H groups in total. The fourth-order valence-electron chi connectivity index (χ4n) is 2.74. The fraction of sp³-hybridized carbons (Fsp3) is 0.467. The van der Waals surface area contributed by atoms with Gasteiger partial charge < -0.3 is 10.2 Å². The number of aliphatic imine (C=N–C) groups is 1. The molecule has 20 heavy (non-hydrogen) atoms. The highest BCUT2D eigenvalue weighted by molar-refractivity contribution is 6.54. The number of carbonyl (C=O) groups is 1. The summed E-state index contributed by atoms with van der Waals surface area (Å²) in [4.78, 5) is 20.8. The second-order valence-corrected chi connectivity index (χ2v) is 5.20. The number of amides is 1. The first-order valence-corrected chi connectivity index (χ1v) is 7.12. The smallest absolute Gasteiger partial charge is 0.276 e. The number of carbonyl (C=O) groups excluding carboxylic acids is 1. The lowest BCUT2D eigenvalue weighted by atomic mass is 10.1. The predicted octanol–water partition coefficient (Wildman–Crippen LogP) is 0.357. The van der Waals surface area contributed by atoms with Gasteiger partial charge in [0, 0.05) is 45.3 Å². The summed E-state index contributed by atoms with van der Waals surface area (Å²) in [6.45, 7) is 5.82. The van der Waals surface area contributed by atoms with Crippen molar-refractivity contribution in [3.05, 3.63) is 29.8 Å². The lowest BCUT2D eigenvalue weighted by molar-refractivity contribution is -0.111. The highest BCUT2D eigenvalue weighted by Crippen LogP contribution is 2.27. The van der Waals surface area contributed by atoms with Gasteiger partial charge in [-0.25, -0.2) is 0 Å². The number of piperazine rings is 1. The quantitative estimate of drug-likeness (QED) is 0.864. The maximum atomic E-state index is 12.2. The Labute approximate surface area is 119 Å². The molecule has 1 aromatic carbocycles. The van der Waals surface area contributed by atoms with Crippen LogP contribution in [-0.2, 0) is 4.79 Å². The largest absolute Gasteiger partial charge is 0.314 e. The molecule has 0 unspecified atom stereocenters. The van der Waals surface area contributed by atoms with Crippen molar-refractivity contribution < 1.29 is 4.79 Å². The van der Waals surface area contributed by atoms with Crippen LogP contribution in [0.5, 0.6) is 0 Å². The average Bonchev–Trinajstić information content (AvgIpc) is 2.74. The summed E-state index contributed by atoms with van der Waals surface area (Å²) >= 11 is 0. The molecule has 5 heteroatoms. The molecule has 5 nitrogen and oxygen atoms in total. The van der Waals surface area contributed by atoms with Crippen LogP contribution >= 0.6 is 0 Å². The van der Waals surface area contributed by atoms with E-state index in [1.807, 2.05) is 24.3 Å². The third kappa shape index (κ3) is 2.46. The van der Waals surface area contributed by atoms with Gasteiger partial charge in [0.25, 0.3) is 5.91 Å². The van der Waals surface area contributed by atoms with E-state index in [2.05, 4.69) is 15.2 Å². The Morgan fingerprint density at radius 2 is 2.00 bits per heavy atom. The summed E-state index contributed by atoms with van der Waals surface area (Å²) in [5.74, 6) is 0.00603. The molecule has 3 rings (SSSR count). The van der Waals surface area contributed by atoms with Gasteiger partial charge >= 0.3 is 0 Å². The van der Waals surface area contributed by atoms with Gasteiger partial charge in [0.1, 0.15) is 5.71 Å². The molecule has 1 fully saturated rings. The van der Waals surface area contributed by atoms with Crippen molar-refractivity contribution in [2.75, 3.05) is 51.2 Å². The number of benzene rings is 1. The second kappa shape index (κ2) is 5.73. The van der Waals surface area contributed by atoms with Gasteiger partial charge in [-0.1, -0.05) is 18.2 Å². The Bertz CT molecular complexity index is 534. The van der Waals surface area contributed by atoms with Crippen molar-refractivity contribution in [3.8, 4) is 0 Å². The predicted molar refractivity (Wildman–Crippen MR) is 80.6 cm³/mol. The number of nitrogens with one attached hydrogen (secondary N) is 1. The van der Waals surface area contributed by atoms with Gasteiger partial charge in [-0.05, 0) is 6.07 Å². The Morgan fingerprint density at radius 3 is 2.80 bits per heavy atom. The molecule has 2 aliphatic heterocycles. The van der Waals surface area contributed by atoms with E-state index in [0.717, 1.165) is 44.0 Å². The molecule has 1 amide bonds. The highest BCUT2D eigenvalue weighted by Gasteiger charge is 2.30. The molecule has 0 atom stereocenters. The molecule has 0 aromatic heterocycles. The van der Waals surface area contributed by atoms with Gasteiger partial charge in [-0.2, -0.15) is 0 Å². The van der Waals surface area contributed by atoms with Crippen LogP contribution in [0.1, 0.15) is 5.56 Å². The van der Waals surface area contributed by atoms with Crippen molar-refractivity contribution in [3.63, 3.8) is 0 Å². The number of hydrogen-bond acceptors (Lipinski definition) is 4. The topological polar surface area (TPSA) is 47.9 Å². The number of anilines is 1. The lowest BCUT2D eigenvalue weighted by Crippen LogP contribution is -2.44. The number of nitrogens with zero attached hydrogens (tertiary/aromatic N) is 3. The molecule has 0 radical (unpaired) electrons. The first-order valence-electron chi connectivity index (χ1n) is 7.12. The summed E-state index contributed by atoms with van der Waals surface area (Å²) in [6, 6.07) is 7.84. The maximum absolute atomic E-state index is 12.2. The zero-order valence-electron chi connectivity index (χ0n) is 11.8. The molecule has 1 aromatic rings. The van der Waals surface area contributed by atoms with Gasteiger partial charge in [0.2, 0.25) is 0 Å². The van der Waals surface area contributed by atoms with Crippen molar-refractivity contribution in [1.82, 2.24) is 10.2 Å². The Kier molecular flexibility index (Phi) is 3.80. The van der Waals surface area contributed by atoms with E-state index in [1.54, 1.807) is 11.9 Å². The molecular formula is C15H20N4O. The van der Waals surface area contributed by atoms with Crippen LogP contribution < -0.4 is 10.2 Å². The van der Waals surface area contributed by atoms with Crippen LogP contribution in [-0.4, -0.2) is 62.8 Å². The summed E-state index contributed by atoms with van der Waals surface area (Å²) in [7, 11) is 1.81. The molecular weight excluding hydrogens is 252 g/mol.